The molecule has 0 aliphatic carbocycles. The van der Waals surface area contributed by atoms with Crippen molar-refractivity contribution in [2.45, 2.75) is 63.8 Å². The minimum atomic E-state index is -0.210. The van der Waals surface area contributed by atoms with E-state index in [4.69, 9.17) is 10.5 Å². The van der Waals surface area contributed by atoms with E-state index in [0.29, 0.717) is 6.54 Å². The van der Waals surface area contributed by atoms with Gasteiger partial charge in [0.2, 0.25) is 0 Å². The zero-order chi connectivity index (χ0) is 14.6. The fourth-order valence-electron chi connectivity index (χ4n) is 4.29. The maximum Gasteiger partial charge on any atom is 0.0830 e. The third-order valence-electron chi connectivity index (χ3n) is 5.12. The van der Waals surface area contributed by atoms with Crippen molar-refractivity contribution in [1.29, 1.82) is 0 Å². The molecule has 2 aliphatic rings. The quantitative estimate of drug-likeness (QED) is 0.911. The molecule has 1 atom stereocenters. The Morgan fingerprint density at radius 2 is 2.10 bits per heavy atom. The van der Waals surface area contributed by atoms with Crippen LogP contribution >= 0.6 is 11.3 Å². The van der Waals surface area contributed by atoms with Gasteiger partial charge in [0.15, 0.2) is 0 Å². The molecule has 3 heterocycles. The first-order chi connectivity index (χ1) is 9.30. The standard InChI is InChI=1S/C16H26N2OS/c1-14(2)10-16(11-17,15(3,4)19-14)18-7-5-13-12(9-18)6-8-20-13/h6,8H,5,7,9-11,17H2,1-4H3. The number of thiophene rings is 1. The summed E-state index contributed by atoms with van der Waals surface area (Å²) in [4.78, 5) is 4.13. The fraction of sp³-hybridized carbons (Fsp3) is 0.750. The molecule has 2 aliphatic heterocycles. The minimum absolute atomic E-state index is 0.0594. The summed E-state index contributed by atoms with van der Waals surface area (Å²) in [7, 11) is 0. The van der Waals surface area contributed by atoms with Gasteiger partial charge in [0.05, 0.1) is 16.7 Å². The zero-order valence-corrected chi connectivity index (χ0v) is 13.8. The summed E-state index contributed by atoms with van der Waals surface area (Å²) in [6.45, 7) is 11.5. The van der Waals surface area contributed by atoms with E-state index in [1.54, 1.807) is 4.88 Å². The summed E-state index contributed by atoms with van der Waals surface area (Å²) in [6, 6.07) is 2.27. The highest BCUT2D eigenvalue weighted by Crippen LogP contribution is 2.49. The molecule has 3 rings (SSSR count). The maximum atomic E-state index is 6.35. The Morgan fingerprint density at radius 3 is 2.70 bits per heavy atom. The van der Waals surface area contributed by atoms with Crippen LogP contribution < -0.4 is 5.73 Å². The molecular weight excluding hydrogens is 268 g/mol. The largest absolute Gasteiger partial charge is 0.368 e. The predicted octanol–water partition coefficient (Wildman–Crippen LogP) is 2.78. The number of nitrogens with zero attached hydrogens (tertiary/aromatic N) is 1. The minimum Gasteiger partial charge on any atom is -0.368 e. The monoisotopic (exact) mass is 294 g/mol. The lowest BCUT2D eigenvalue weighted by Gasteiger charge is -2.49. The second-order valence-electron chi connectivity index (χ2n) is 7.33. The van der Waals surface area contributed by atoms with Crippen molar-refractivity contribution < 1.29 is 4.74 Å². The van der Waals surface area contributed by atoms with Crippen LogP contribution in [0.15, 0.2) is 11.4 Å². The highest BCUT2D eigenvalue weighted by molar-refractivity contribution is 7.10. The molecule has 0 radical (unpaired) electrons. The van der Waals surface area contributed by atoms with Gasteiger partial charge in [-0.05, 0) is 57.5 Å². The van der Waals surface area contributed by atoms with E-state index < -0.39 is 0 Å². The van der Waals surface area contributed by atoms with Crippen LogP contribution in [0.3, 0.4) is 0 Å². The molecule has 1 aromatic rings. The molecule has 20 heavy (non-hydrogen) atoms. The molecule has 0 spiro atoms. The summed E-state index contributed by atoms with van der Waals surface area (Å²) < 4.78 is 6.35. The molecule has 1 fully saturated rings. The predicted molar refractivity (Wildman–Crippen MR) is 84.1 cm³/mol. The molecule has 0 bridgehead atoms. The van der Waals surface area contributed by atoms with Crippen molar-refractivity contribution in [3.05, 3.63) is 21.9 Å². The lowest BCUT2D eigenvalue weighted by Crippen LogP contribution is -2.64. The lowest BCUT2D eigenvalue weighted by atomic mass is 9.76. The van der Waals surface area contributed by atoms with Crippen molar-refractivity contribution in [1.82, 2.24) is 4.90 Å². The van der Waals surface area contributed by atoms with E-state index in [1.807, 2.05) is 11.3 Å². The molecule has 0 amide bonds. The van der Waals surface area contributed by atoms with Crippen molar-refractivity contribution in [2.24, 2.45) is 5.73 Å². The highest BCUT2D eigenvalue weighted by atomic mass is 32.1. The second-order valence-corrected chi connectivity index (χ2v) is 8.33. The van der Waals surface area contributed by atoms with Crippen LogP contribution in [0.25, 0.3) is 0 Å². The molecule has 1 aromatic heterocycles. The summed E-state index contributed by atoms with van der Waals surface area (Å²) >= 11 is 1.89. The van der Waals surface area contributed by atoms with Crippen molar-refractivity contribution in [3.8, 4) is 0 Å². The highest BCUT2D eigenvalue weighted by Gasteiger charge is 2.59. The van der Waals surface area contributed by atoms with E-state index in [0.717, 1.165) is 25.9 Å². The van der Waals surface area contributed by atoms with Gasteiger partial charge in [0.25, 0.3) is 0 Å². The fourth-order valence-corrected chi connectivity index (χ4v) is 5.18. The SMILES string of the molecule is CC1(C)CC(CN)(N2CCc3sccc3C2)C(C)(C)O1. The van der Waals surface area contributed by atoms with E-state index in [2.05, 4.69) is 44.0 Å². The topological polar surface area (TPSA) is 38.5 Å². The maximum absolute atomic E-state index is 6.35. The number of fused-ring (bicyclic) bond motifs is 1. The Balaban J connectivity index is 1.95. The first kappa shape index (κ1) is 14.5. The molecule has 1 saturated heterocycles. The van der Waals surface area contributed by atoms with E-state index in [9.17, 15) is 0 Å². The van der Waals surface area contributed by atoms with Crippen LogP contribution in [0, 0.1) is 0 Å². The van der Waals surface area contributed by atoms with Crippen molar-refractivity contribution in [2.75, 3.05) is 13.1 Å². The van der Waals surface area contributed by atoms with Gasteiger partial charge in [0, 0.05) is 24.5 Å². The van der Waals surface area contributed by atoms with Crippen LogP contribution in [-0.4, -0.2) is 34.7 Å². The van der Waals surface area contributed by atoms with Crippen LogP contribution in [0.4, 0.5) is 0 Å². The Bertz CT molecular complexity index is 508. The summed E-state index contributed by atoms with van der Waals surface area (Å²) in [5.74, 6) is 0. The van der Waals surface area contributed by atoms with Gasteiger partial charge in [-0.25, -0.2) is 0 Å². The normalized spacial score (nSPS) is 32.2. The Morgan fingerprint density at radius 1 is 1.35 bits per heavy atom. The molecule has 1 unspecified atom stereocenters. The molecule has 3 nitrogen and oxygen atoms in total. The number of ether oxygens (including phenoxy) is 1. The summed E-state index contributed by atoms with van der Waals surface area (Å²) in [5.41, 5.74) is 7.39. The Hall–Kier alpha value is -0.420. The van der Waals surface area contributed by atoms with Gasteiger partial charge in [-0.15, -0.1) is 11.3 Å². The molecule has 0 saturated carbocycles. The number of hydrogen-bond acceptors (Lipinski definition) is 4. The van der Waals surface area contributed by atoms with E-state index >= 15 is 0 Å². The third-order valence-corrected chi connectivity index (χ3v) is 6.14. The average Bonchev–Trinajstić information content (AvgIpc) is 2.87. The van der Waals surface area contributed by atoms with Gasteiger partial charge in [-0.2, -0.15) is 0 Å². The lowest BCUT2D eigenvalue weighted by molar-refractivity contribution is -0.106. The number of nitrogens with two attached hydrogens (primary N) is 1. The molecule has 2 N–H and O–H groups in total. The molecule has 4 heteroatoms. The van der Waals surface area contributed by atoms with Gasteiger partial charge in [0.1, 0.15) is 0 Å². The van der Waals surface area contributed by atoms with Gasteiger partial charge in [-0.3, -0.25) is 4.90 Å². The van der Waals surface area contributed by atoms with E-state index in [1.165, 1.54) is 5.56 Å². The van der Waals surface area contributed by atoms with Crippen molar-refractivity contribution in [3.63, 3.8) is 0 Å². The van der Waals surface area contributed by atoms with Crippen LogP contribution in [-0.2, 0) is 17.7 Å². The summed E-state index contributed by atoms with van der Waals surface area (Å²) in [6.07, 6.45) is 2.15. The van der Waals surface area contributed by atoms with Crippen LogP contribution in [0.5, 0.6) is 0 Å². The Labute approximate surface area is 126 Å². The Kier molecular flexibility index (Phi) is 3.29. The molecule has 0 aromatic carbocycles. The van der Waals surface area contributed by atoms with Gasteiger partial charge >= 0.3 is 0 Å². The zero-order valence-electron chi connectivity index (χ0n) is 13.0. The van der Waals surface area contributed by atoms with E-state index in [-0.39, 0.29) is 16.7 Å². The number of rotatable bonds is 2. The van der Waals surface area contributed by atoms with Crippen LogP contribution in [0.1, 0.15) is 44.6 Å². The number of hydrogen-bond donors (Lipinski definition) is 1. The van der Waals surface area contributed by atoms with Gasteiger partial charge in [-0.1, -0.05) is 0 Å². The first-order valence-corrected chi connectivity index (χ1v) is 8.38. The smallest absolute Gasteiger partial charge is 0.0830 e. The average molecular weight is 294 g/mol. The molecule has 112 valence electrons. The third kappa shape index (κ3) is 2.05. The summed E-state index contributed by atoms with van der Waals surface area (Å²) in [5, 5.41) is 2.21. The van der Waals surface area contributed by atoms with Crippen LogP contribution in [0.2, 0.25) is 0 Å². The van der Waals surface area contributed by atoms with Gasteiger partial charge < -0.3 is 10.5 Å². The first-order valence-electron chi connectivity index (χ1n) is 7.50. The molecular formula is C16H26N2OS. The second kappa shape index (κ2) is 4.54. The van der Waals surface area contributed by atoms with Crippen molar-refractivity contribution >= 4 is 11.3 Å².